The van der Waals surface area contributed by atoms with E-state index in [0.717, 1.165) is 17.5 Å². The summed E-state index contributed by atoms with van der Waals surface area (Å²) in [5.41, 5.74) is 6.84. The summed E-state index contributed by atoms with van der Waals surface area (Å²) in [6.07, 6.45) is 8.81. The van der Waals surface area contributed by atoms with Gasteiger partial charge in [0.15, 0.2) is 0 Å². The molecule has 1 aliphatic rings. The first kappa shape index (κ1) is 14.1. The number of benzene rings is 1. The fourth-order valence-electron chi connectivity index (χ4n) is 2.81. The van der Waals surface area contributed by atoms with E-state index in [1.165, 1.54) is 0 Å². The van der Waals surface area contributed by atoms with Crippen LogP contribution >= 0.6 is 11.6 Å². The number of hydrogen-bond donors (Lipinski definition) is 1. The van der Waals surface area contributed by atoms with Gasteiger partial charge >= 0.3 is 0 Å². The minimum atomic E-state index is -0.222. The average molecular weight is 301 g/mol. The molecule has 1 aliphatic carbocycles. The Morgan fingerprint density at radius 3 is 2.86 bits per heavy atom. The van der Waals surface area contributed by atoms with Gasteiger partial charge in [0.25, 0.3) is 5.56 Å². The summed E-state index contributed by atoms with van der Waals surface area (Å²) in [5.74, 6) is 0. The van der Waals surface area contributed by atoms with E-state index in [9.17, 15) is 4.79 Å². The number of nitrogens with two attached hydrogens (primary N) is 1. The molecular formula is C17H17ClN2O. The monoisotopic (exact) mass is 300 g/mol. The second kappa shape index (κ2) is 5.51. The molecule has 3 rings (SSSR count). The predicted molar refractivity (Wildman–Crippen MR) is 87.8 cm³/mol. The maximum Gasteiger partial charge on any atom is 0.260 e. The van der Waals surface area contributed by atoms with Crippen LogP contribution in [0.25, 0.3) is 10.8 Å². The van der Waals surface area contributed by atoms with Crippen LogP contribution in [0.15, 0.2) is 53.4 Å². The molecule has 1 aromatic carbocycles. The minimum absolute atomic E-state index is 0.0100. The van der Waals surface area contributed by atoms with Crippen molar-refractivity contribution in [2.24, 2.45) is 5.73 Å². The van der Waals surface area contributed by atoms with Crippen LogP contribution in [0.2, 0.25) is 5.02 Å². The van der Waals surface area contributed by atoms with Crippen LogP contribution in [-0.2, 0) is 0 Å². The molecule has 0 amide bonds. The van der Waals surface area contributed by atoms with Gasteiger partial charge in [-0.15, -0.1) is 0 Å². The zero-order valence-corrected chi connectivity index (χ0v) is 12.5. The molecule has 3 nitrogen and oxygen atoms in total. The molecule has 1 aromatic heterocycles. The molecule has 2 atom stereocenters. The van der Waals surface area contributed by atoms with E-state index in [0.29, 0.717) is 10.4 Å². The Hall–Kier alpha value is -1.84. The van der Waals surface area contributed by atoms with Crippen molar-refractivity contribution in [3.63, 3.8) is 0 Å². The fourth-order valence-corrected chi connectivity index (χ4v) is 3.07. The molecule has 4 heteroatoms. The van der Waals surface area contributed by atoms with Gasteiger partial charge in [-0.2, -0.15) is 0 Å². The third kappa shape index (κ3) is 2.43. The molecule has 0 saturated heterocycles. The lowest BCUT2D eigenvalue weighted by atomic mass is 10.0. The van der Waals surface area contributed by atoms with Crippen LogP contribution in [-0.4, -0.2) is 4.57 Å². The maximum absolute atomic E-state index is 12.9. The smallest absolute Gasteiger partial charge is 0.260 e. The van der Waals surface area contributed by atoms with E-state index in [2.05, 4.69) is 6.08 Å². The first-order chi connectivity index (χ1) is 10.1. The average Bonchev–Trinajstić information content (AvgIpc) is 2.47. The van der Waals surface area contributed by atoms with Crippen molar-refractivity contribution in [2.45, 2.75) is 25.4 Å². The van der Waals surface area contributed by atoms with E-state index < -0.39 is 0 Å². The van der Waals surface area contributed by atoms with Gasteiger partial charge in [-0.3, -0.25) is 4.79 Å². The van der Waals surface area contributed by atoms with Crippen molar-refractivity contribution in [3.8, 4) is 0 Å². The normalized spacial score (nSPS) is 19.1. The van der Waals surface area contributed by atoms with Crippen molar-refractivity contribution >= 4 is 22.4 Å². The van der Waals surface area contributed by atoms with E-state index in [1.807, 2.05) is 43.4 Å². The molecule has 0 spiro atoms. The Balaban J connectivity index is 2.35. The fraction of sp³-hybridized carbons (Fsp3) is 0.235. The Labute approximate surface area is 128 Å². The summed E-state index contributed by atoms with van der Waals surface area (Å²) >= 11 is 6.23. The highest BCUT2D eigenvalue weighted by atomic mass is 35.5. The van der Waals surface area contributed by atoms with Crippen LogP contribution < -0.4 is 11.3 Å². The lowest BCUT2D eigenvalue weighted by molar-refractivity contribution is 0.541. The summed E-state index contributed by atoms with van der Waals surface area (Å²) in [7, 11) is 0. The van der Waals surface area contributed by atoms with E-state index in [-0.39, 0.29) is 17.6 Å². The van der Waals surface area contributed by atoms with E-state index in [1.54, 1.807) is 10.6 Å². The van der Waals surface area contributed by atoms with E-state index >= 15 is 0 Å². The van der Waals surface area contributed by atoms with Crippen molar-refractivity contribution in [1.29, 1.82) is 0 Å². The Morgan fingerprint density at radius 1 is 1.38 bits per heavy atom. The summed E-state index contributed by atoms with van der Waals surface area (Å²) in [6.45, 7) is 1.89. The molecule has 0 bridgehead atoms. The van der Waals surface area contributed by atoms with Crippen LogP contribution in [0.1, 0.15) is 31.1 Å². The third-order valence-corrected chi connectivity index (χ3v) is 4.13. The summed E-state index contributed by atoms with van der Waals surface area (Å²) in [4.78, 5) is 12.9. The molecular weight excluding hydrogens is 284 g/mol. The number of rotatable bonds is 2. The van der Waals surface area contributed by atoms with Crippen molar-refractivity contribution in [2.75, 3.05) is 0 Å². The number of halogens is 1. The van der Waals surface area contributed by atoms with Gasteiger partial charge in [0.05, 0.1) is 16.5 Å². The highest BCUT2D eigenvalue weighted by Gasteiger charge is 2.19. The van der Waals surface area contributed by atoms with Crippen molar-refractivity contribution in [3.05, 3.63) is 69.6 Å². The van der Waals surface area contributed by atoms with Crippen LogP contribution in [0, 0.1) is 0 Å². The minimum Gasteiger partial charge on any atom is -0.323 e. The number of pyridine rings is 1. The number of hydrogen-bond acceptors (Lipinski definition) is 2. The number of allylic oxidation sites excluding steroid dienone is 4. The van der Waals surface area contributed by atoms with Crippen LogP contribution in [0.4, 0.5) is 0 Å². The van der Waals surface area contributed by atoms with Gasteiger partial charge in [0, 0.05) is 11.7 Å². The molecule has 1 heterocycles. The molecule has 2 N–H and O–H groups in total. The van der Waals surface area contributed by atoms with Gasteiger partial charge < -0.3 is 10.3 Å². The number of nitrogens with zero attached hydrogens (tertiary/aromatic N) is 1. The topological polar surface area (TPSA) is 48.0 Å². The molecule has 2 aromatic rings. The first-order valence-corrected chi connectivity index (χ1v) is 7.40. The number of fused-ring (bicyclic) bond motifs is 1. The third-order valence-electron chi connectivity index (χ3n) is 3.82. The first-order valence-electron chi connectivity index (χ1n) is 7.02. The lowest BCUT2D eigenvalue weighted by Crippen LogP contribution is -2.30. The molecule has 0 fully saturated rings. The van der Waals surface area contributed by atoms with Gasteiger partial charge in [0.2, 0.25) is 0 Å². The SMILES string of the molecule is C[C@H](N)c1cc2cccc(Cl)c2c(=O)n1C1C=CC=CC1. The quantitative estimate of drug-likeness (QED) is 0.918. The molecule has 21 heavy (non-hydrogen) atoms. The summed E-state index contributed by atoms with van der Waals surface area (Å²) in [6, 6.07) is 7.24. The van der Waals surface area contributed by atoms with Crippen molar-refractivity contribution < 1.29 is 0 Å². The molecule has 0 saturated carbocycles. The largest absolute Gasteiger partial charge is 0.323 e. The van der Waals surface area contributed by atoms with Crippen LogP contribution in [0.3, 0.4) is 0 Å². The highest BCUT2D eigenvalue weighted by Crippen LogP contribution is 2.26. The standard InChI is InChI=1S/C17H17ClN2O/c1-11(19)15-10-12-6-5-9-14(18)16(12)17(21)20(15)13-7-3-2-4-8-13/h2-7,9-11,13H,8,19H2,1H3/t11-,13?/m0/s1. The molecule has 0 radical (unpaired) electrons. The molecule has 108 valence electrons. The second-order valence-electron chi connectivity index (χ2n) is 5.35. The Bertz CT molecular complexity index is 802. The second-order valence-corrected chi connectivity index (χ2v) is 5.76. The van der Waals surface area contributed by atoms with E-state index in [4.69, 9.17) is 17.3 Å². The summed E-state index contributed by atoms with van der Waals surface area (Å²) in [5, 5.41) is 1.88. The number of aromatic nitrogens is 1. The molecule has 1 unspecified atom stereocenters. The zero-order chi connectivity index (χ0) is 15.0. The zero-order valence-electron chi connectivity index (χ0n) is 11.8. The predicted octanol–water partition coefficient (Wildman–Crippen LogP) is 3.73. The van der Waals surface area contributed by atoms with Crippen LogP contribution in [0.5, 0.6) is 0 Å². The van der Waals surface area contributed by atoms with Gasteiger partial charge in [-0.05, 0) is 30.9 Å². The lowest BCUT2D eigenvalue weighted by Gasteiger charge is -2.24. The van der Waals surface area contributed by atoms with Gasteiger partial charge in [0.1, 0.15) is 0 Å². The highest BCUT2D eigenvalue weighted by molar-refractivity contribution is 6.35. The van der Waals surface area contributed by atoms with Crippen molar-refractivity contribution in [1.82, 2.24) is 4.57 Å². The molecule has 0 aliphatic heterocycles. The summed E-state index contributed by atoms with van der Waals surface area (Å²) < 4.78 is 1.78. The Kier molecular flexibility index (Phi) is 3.70. The van der Waals surface area contributed by atoms with Gasteiger partial charge in [-0.25, -0.2) is 0 Å². The maximum atomic E-state index is 12.9. The van der Waals surface area contributed by atoms with Gasteiger partial charge in [-0.1, -0.05) is 48.0 Å². The Morgan fingerprint density at radius 2 is 2.19 bits per heavy atom.